The lowest BCUT2D eigenvalue weighted by atomic mass is 9.77. The fraction of sp³-hybridized carbons (Fsp3) is 0.550. The zero-order valence-corrected chi connectivity index (χ0v) is 16.4. The third-order valence-corrected chi connectivity index (χ3v) is 6.30. The summed E-state index contributed by atoms with van der Waals surface area (Å²) in [5.41, 5.74) is 8.53. The van der Waals surface area contributed by atoms with E-state index < -0.39 is 0 Å². The molecule has 2 N–H and O–H groups in total. The minimum absolute atomic E-state index is 0.0312. The lowest BCUT2D eigenvalue weighted by Gasteiger charge is -2.41. The highest BCUT2D eigenvalue weighted by Crippen LogP contribution is 2.44. The second kappa shape index (κ2) is 7.22. The van der Waals surface area contributed by atoms with Crippen LogP contribution in [-0.4, -0.2) is 70.1 Å². The summed E-state index contributed by atoms with van der Waals surface area (Å²) in [5, 5.41) is 0. The SMILES string of the molecule is Nc1ncc2c(n1)C1(CCCN(c3cncc(C(=O)N4CCOCC4)n3)C1)CC2. The van der Waals surface area contributed by atoms with E-state index in [4.69, 9.17) is 10.5 Å². The predicted octanol–water partition coefficient (Wildman–Crippen LogP) is 0.806. The van der Waals surface area contributed by atoms with E-state index in [2.05, 4.69) is 24.8 Å². The second-order valence-electron chi connectivity index (χ2n) is 8.07. The van der Waals surface area contributed by atoms with Gasteiger partial charge in [0, 0.05) is 37.8 Å². The van der Waals surface area contributed by atoms with Gasteiger partial charge in [0.15, 0.2) is 0 Å². The minimum Gasteiger partial charge on any atom is -0.378 e. The van der Waals surface area contributed by atoms with Crippen LogP contribution in [0.15, 0.2) is 18.6 Å². The largest absolute Gasteiger partial charge is 0.378 e. The molecular formula is C20H25N7O2. The maximum absolute atomic E-state index is 12.8. The number of morpholine rings is 1. The van der Waals surface area contributed by atoms with Gasteiger partial charge in [-0.3, -0.25) is 9.78 Å². The van der Waals surface area contributed by atoms with Crippen molar-refractivity contribution >= 4 is 17.7 Å². The molecule has 1 aliphatic carbocycles. The maximum atomic E-state index is 12.8. The van der Waals surface area contributed by atoms with E-state index in [0.717, 1.165) is 50.3 Å². The third kappa shape index (κ3) is 3.29. The molecule has 5 rings (SSSR count). The predicted molar refractivity (Wildman–Crippen MR) is 107 cm³/mol. The van der Waals surface area contributed by atoms with E-state index in [-0.39, 0.29) is 11.3 Å². The third-order valence-electron chi connectivity index (χ3n) is 6.30. The van der Waals surface area contributed by atoms with Crippen LogP contribution in [0.3, 0.4) is 0 Å². The Morgan fingerprint density at radius 2 is 1.97 bits per heavy atom. The summed E-state index contributed by atoms with van der Waals surface area (Å²) in [6, 6.07) is 0. The van der Waals surface area contributed by atoms with Crippen molar-refractivity contribution in [2.24, 2.45) is 0 Å². The molecule has 3 aliphatic rings. The van der Waals surface area contributed by atoms with E-state index in [0.29, 0.717) is 37.9 Å². The number of ether oxygens (including phenoxy) is 1. The van der Waals surface area contributed by atoms with Crippen LogP contribution in [0.1, 0.15) is 41.0 Å². The van der Waals surface area contributed by atoms with Gasteiger partial charge >= 0.3 is 0 Å². The van der Waals surface area contributed by atoms with E-state index in [1.54, 1.807) is 17.3 Å². The molecule has 2 fully saturated rings. The highest BCUT2D eigenvalue weighted by Gasteiger charge is 2.44. The second-order valence-corrected chi connectivity index (χ2v) is 8.07. The van der Waals surface area contributed by atoms with Gasteiger partial charge < -0.3 is 20.3 Å². The van der Waals surface area contributed by atoms with Crippen LogP contribution < -0.4 is 10.6 Å². The van der Waals surface area contributed by atoms with Crippen molar-refractivity contribution in [3.05, 3.63) is 35.5 Å². The smallest absolute Gasteiger partial charge is 0.274 e. The van der Waals surface area contributed by atoms with Gasteiger partial charge in [0.25, 0.3) is 5.91 Å². The molecule has 9 heteroatoms. The van der Waals surface area contributed by atoms with Crippen molar-refractivity contribution < 1.29 is 9.53 Å². The van der Waals surface area contributed by atoms with Gasteiger partial charge in [-0.05, 0) is 31.2 Å². The lowest BCUT2D eigenvalue weighted by molar-refractivity contribution is 0.0298. The first kappa shape index (κ1) is 18.2. The molecule has 4 heterocycles. The Labute approximate surface area is 169 Å². The average Bonchev–Trinajstić information content (AvgIpc) is 3.11. The van der Waals surface area contributed by atoms with E-state index in [9.17, 15) is 4.79 Å². The van der Waals surface area contributed by atoms with Crippen molar-refractivity contribution in [1.29, 1.82) is 0 Å². The molecule has 2 aromatic heterocycles. The summed E-state index contributed by atoms with van der Waals surface area (Å²) in [7, 11) is 0. The molecule has 2 aromatic rings. The van der Waals surface area contributed by atoms with Crippen LogP contribution in [0.2, 0.25) is 0 Å². The highest BCUT2D eigenvalue weighted by atomic mass is 16.5. The molecule has 2 aliphatic heterocycles. The number of aromatic nitrogens is 4. The van der Waals surface area contributed by atoms with Crippen LogP contribution >= 0.6 is 0 Å². The summed E-state index contributed by atoms with van der Waals surface area (Å²) in [6.45, 7) is 4.02. The van der Waals surface area contributed by atoms with E-state index >= 15 is 0 Å². The van der Waals surface area contributed by atoms with Gasteiger partial charge in [-0.2, -0.15) is 0 Å². The van der Waals surface area contributed by atoms with Crippen LogP contribution in [0, 0.1) is 0 Å². The molecule has 29 heavy (non-hydrogen) atoms. The highest BCUT2D eigenvalue weighted by molar-refractivity contribution is 5.92. The molecule has 1 spiro atoms. The first-order chi connectivity index (χ1) is 14.1. The van der Waals surface area contributed by atoms with Crippen molar-refractivity contribution in [2.45, 2.75) is 31.1 Å². The number of amides is 1. The summed E-state index contributed by atoms with van der Waals surface area (Å²) in [5.74, 6) is 1.000. The number of hydrogen-bond acceptors (Lipinski definition) is 8. The molecular weight excluding hydrogens is 370 g/mol. The number of aryl methyl sites for hydroxylation is 1. The van der Waals surface area contributed by atoms with Crippen LogP contribution in [0.25, 0.3) is 0 Å². The number of fused-ring (bicyclic) bond motifs is 2. The molecule has 0 saturated carbocycles. The summed E-state index contributed by atoms with van der Waals surface area (Å²) >= 11 is 0. The molecule has 1 amide bonds. The average molecular weight is 395 g/mol. The van der Waals surface area contributed by atoms with Gasteiger partial charge in [-0.15, -0.1) is 0 Å². The zero-order chi connectivity index (χ0) is 19.8. The Morgan fingerprint density at radius 3 is 2.83 bits per heavy atom. The van der Waals surface area contributed by atoms with Crippen molar-refractivity contribution in [3.8, 4) is 0 Å². The molecule has 1 unspecified atom stereocenters. The van der Waals surface area contributed by atoms with Crippen LogP contribution in [-0.2, 0) is 16.6 Å². The fourth-order valence-corrected chi connectivity index (χ4v) is 4.82. The van der Waals surface area contributed by atoms with Crippen molar-refractivity contribution in [3.63, 3.8) is 0 Å². The molecule has 0 aromatic carbocycles. The Bertz CT molecular complexity index is 927. The topological polar surface area (TPSA) is 110 Å². The summed E-state index contributed by atoms with van der Waals surface area (Å²) in [4.78, 5) is 34.6. The number of carbonyl (C=O) groups is 1. The number of anilines is 2. The molecule has 0 bridgehead atoms. The standard InChI is InChI=1S/C20H25N7O2/c21-19-23-10-14-2-4-20(17(14)25-19)3-1-5-27(13-20)16-12-22-11-15(24-16)18(28)26-6-8-29-9-7-26/h10-12H,1-9,13H2,(H2,21,23,25). The van der Waals surface area contributed by atoms with Gasteiger partial charge in [0.2, 0.25) is 5.95 Å². The summed E-state index contributed by atoms with van der Waals surface area (Å²) in [6.07, 6.45) is 9.30. The number of nitrogen functional groups attached to an aromatic ring is 1. The van der Waals surface area contributed by atoms with Crippen LogP contribution in [0.4, 0.5) is 11.8 Å². The number of carbonyl (C=O) groups excluding carboxylic acids is 1. The van der Waals surface area contributed by atoms with E-state index in [1.165, 1.54) is 5.56 Å². The zero-order valence-electron chi connectivity index (χ0n) is 16.4. The normalized spacial score (nSPS) is 24.0. The van der Waals surface area contributed by atoms with Crippen molar-refractivity contribution in [1.82, 2.24) is 24.8 Å². The summed E-state index contributed by atoms with van der Waals surface area (Å²) < 4.78 is 5.34. The lowest BCUT2D eigenvalue weighted by Crippen LogP contribution is -2.46. The Hall–Kier alpha value is -2.81. The fourth-order valence-electron chi connectivity index (χ4n) is 4.82. The van der Waals surface area contributed by atoms with Gasteiger partial charge in [0.05, 0.1) is 31.3 Å². The number of rotatable bonds is 2. The molecule has 152 valence electrons. The number of hydrogen-bond donors (Lipinski definition) is 1. The van der Waals surface area contributed by atoms with Gasteiger partial charge in [-0.25, -0.2) is 15.0 Å². The maximum Gasteiger partial charge on any atom is 0.274 e. The Kier molecular flexibility index (Phi) is 4.54. The van der Waals surface area contributed by atoms with Gasteiger partial charge in [-0.1, -0.05) is 0 Å². The first-order valence-corrected chi connectivity index (χ1v) is 10.2. The molecule has 1 atom stereocenters. The Morgan fingerprint density at radius 1 is 1.10 bits per heavy atom. The Balaban J connectivity index is 1.40. The molecule has 2 saturated heterocycles. The van der Waals surface area contributed by atoms with Crippen molar-refractivity contribution in [2.75, 3.05) is 50.0 Å². The molecule has 0 radical (unpaired) electrons. The quantitative estimate of drug-likeness (QED) is 0.795. The van der Waals surface area contributed by atoms with Gasteiger partial charge in [0.1, 0.15) is 11.5 Å². The number of piperidine rings is 1. The monoisotopic (exact) mass is 395 g/mol. The number of nitrogens with two attached hydrogens (primary N) is 1. The minimum atomic E-state index is -0.0823. The van der Waals surface area contributed by atoms with Crippen LogP contribution in [0.5, 0.6) is 0 Å². The number of nitrogens with zero attached hydrogens (tertiary/aromatic N) is 6. The molecule has 9 nitrogen and oxygen atoms in total. The first-order valence-electron chi connectivity index (χ1n) is 10.2. The van der Waals surface area contributed by atoms with E-state index in [1.807, 2.05) is 6.20 Å².